The molecule has 0 saturated heterocycles. The van der Waals surface area contributed by atoms with Crippen molar-refractivity contribution in [3.8, 4) is 17.6 Å². The Morgan fingerprint density at radius 2 is 1.80 bits per heavy atom. The van der Waals surface area contributed by atoms with Gasteiger partial charge in [-0.3, -0.25) is 9.36 Å². The highest BCUT2D eigenvalue weighted by molar-refractivity contribution is 5.70. The third kappa shape index (κ3) is 4.41. The smallest absolute Gasteiger partial charge is 0.307 e. The Balaban J connectivity index is 1.29. The van der Waals surface area contributed by atoms with Crippen LogP contribution in [0.15, 0.2) is 35.3 Å². The fourth-order valence-corrected chi connectivity index (χ4v) is 6.09. The molecular weight excluding hydrogens is 523 g/mol. The van der Waals surface area contributed by atoms with E-state index in [0.29, 0.717) is 30.8 Å². The van der Waals surface area contributed by atoms with Crippen molar-refractivity contribution >= 4 is 11.2 Å². The molecule has 0 aliphatic heterocycles. The van der Waals surface area contributed by atoms with Gasteiger partial charge < -0.3 is 14.5 Å². The van der Waals surface area contributed by atoms with Crippen molar-refractivity contribution in [1.29, 1.82) is 0 Å². The van der Waals surface area contributed by atoms with E-state index >= 15 is 0 Å². The van der Waals surface area contributed by atoms with Gasteiger partial charge in [0.2, 0.25) is 5.88 Å². The summed E-state index contributed by atoms with van der Waals surface area (Å²) < 4.78 is 55.4. The molecule has 0 unspecified atom stereocenters. The van der Waals surface area contributed by atoms with Gasteiger partial charge in [0.15, 0.2) is 34.4 Å². The zero-order chi connectivity index (χ0) is 28.1. The number of nitrogens with zero attached hydrogens (tertiary/aromatic N) is 4. The van der Waals surface area contributed by atoms with Crippen LogP contribution in [-0.2, 0) is 12.0 Å². The number of nitrogens with one attached hydrogen (secondary N) is 1. The van der Waals surface area contributed by atoms with Crippen LogP contribution in [0.4, 0.5) is 13.2 Å². The van der Waals surface area contributed by atoms with E-state index in [9.17, 15) is 18.0 Å². The fourth-order valence-electron chi connectivity index (χ4n) is 6.09. The molecule has 7 rings (SSSR count). The first-order chi connectivity index (χ1) is 19.2. The first-order valence-electron chi connectivity index (χ1n) is 13.6. The first kappa shape index (κ1) is 26.3. The minimum atomic E-state index is -1.29. The molecule has 2 bridgehead atoms. The van der Waals surface area contributed by atoms with Crippen LogP contribution in [0.1, 0.15) is 63.3 Å². The van der Waals surface area contributed by atoms with Gasteiger partial charge in [0, 0.05) is 41.3 Å². The van der Waals surface area contributed by atoms with Gasteiger partial charge in [0.05, 0.1) is 6.61 Å². The number of hydrogen-bond acceptors (Lipinski definition) is 6. The average Bonchev–Trinajstić information content (AvgIpc) is 3.42. The minimum Gasteiger partial charge on any atom is -0.477 e. The molecule has 4 aromatic rings. The fraction of sp³-hybridized carbons (Fsp3) is 0.448. The van der Waals surface area contributed by atoms with Gasteiger partial charge >= 0.3 is 6.01 Å². The number of halogens is 3. The number of rotatable bonds is 8. The van der Waals surface area contributed by atoms with Crippen LogP contribution in [0.25, 0.3) is 11.2 Å². The SMILES string of the molecule is CCCn1c(Oc2cc(F)c(F)c(C)c2F)nc2nc(C34CCC(COc5ccccn5)(CC3)CC4)[nH]c2c1=O. The third-order valence-corrected chi connectivity index (χ3v) is 8.63. The van der Waals surface area contributed by atoms with Crippen molar-refractivity contribution in [3.05, 3.63) is 69.7 Å². The highest BCUT2D eigenvalue weighted by Gasteiger charge is 2.51. The standard InChI is InChI=1S/C29H30F3N5O3/c1-3-14-37-25(38)23-24(36-27(37)40-19-15-18(30)21(31)17(2)22(19)32)35-26(34-23)29-10-7-28(8-11-29,9-12-29)16-39-20-6-4-5-13-33-20/h4-6,13,15H,3,7-12,14,16H2,1-2H3,(H,34,35). The van der Waals surface area contributed by atoms with E-state index in [-0.39, 0.29) is 34.5 Å². The Labute approximate surface area is 228 Å². The van der Waals surface area contributed by atoms with E-state index < -0.39 is 34.3 Å². The second-order valence-electron chi connectivity index (χ2n) is 11.1. The molecule has 0 radical (unpaired) electrons. The number of H-pyrrole nitrogens is 1. The maximum Gasteiger partial charge on any atom is 0.307 e. The number of pyridine rings is 1. The highest BCUT2D eigenvalue weighted by Crippen LogP contribution is 2.57. The molecule has 3 aromatic heterocycles. The lowest BCUT2D eigenvalue weighted by Gasteiger charge is -2.52. The van der Waals surface area contributed by atoms with Crippen LogP contribution in [0, 0.1) is 29.8 Å². The molecule has 3 heterocycles. The number of hydrogen-bond donors (Lipinski definition) is 1. The van der Waals surface area contributed by atoms with Gasteiger partial charge in [-0.2, -0.15) is 4.98 Å². The number of imidazole rings is 1. The minimum absolute atomic E-state index is 0.0883. The quantitative estimate of drug-likeness (QED) is 0.265. The van der Waals surface area contributed by atoms with E-state index in [2.05, 4.69) is 15.0 Å². The molecule has 40 heavy (non-hydrogen) atoms. The van der Waals surface area contributed by atoms with Gasteiger partial charge in [-0.05, 0) is 57.9 Å². The van der Waals surface area contributed by atoms with Crippen LogP contribution in [0.2, 0.25) is 0 Å². The molecule has 8 nitrogen and oxygen atoms in total. The lowest BCUT2D eigenvalue weighted by Crippen LogP contribution is -2.47. The largest absolute Gasteiger partial charge is 0.477 e. The predicted octanol–water partition coefficient (Wildman–Crippen LogP) is 6.11. The number of aromatic amines is 1. The summed E-state index contributed by atoms with van der Waals surface area (Å²) in [5.74, 6) is -2.81. The van der Waals surface area contributed by atoms with Crippen molar-refractivity contribution in [2.75, 3.05) is 6.61 Å². The summed E-state index contributed by atoms with van der Waals surface area (Å²) in [6.07, 6.45) is 7.86. The van der Waals surface area contributed by atoms with E-state index in [1.54, 1.807) is 6.20 Å². The van der Waals surface area contributed by atoms with Gasteiger partial charge in [0.25, 0.3) is 5.56 Å². The summed E-state index contributed by atoms with van der Waals surface area (Å²) in [6, 6.07) is 6.02. The number of ether oxygens (including phenoxy) is 2. The van der Waals surface area contributed by atoms with Crippen LogP contribution >= 0.6 is 0 Å². The van der Waals surface area contributed by atoms with Crippen molar-refractivity contribution in [1.82, 2.24) is 24.5 Å². The van der Waals surface area contributed by atoms with Gasteiger partial charge in [0.1, 0.15) is 5.82 Å². The lowest BCUT2D eigenvalue weighted by molar-refractivity contribution is -0.00257. The zero-order valence-corrected chi connectivity index (χ0v) is 22.4. The second kappa shape index (κ2) is 9.94. The normalized spacial score (nSPS) is 22.1. The summed E-state index contributed by atoms with van der Waals surface area (Å²) in [6.45, 7) is 3.83. The summed E-state index contributed by atoms with van der Waals surface area (Å²) in [7, 11) is 0. The first-order valence-corrected chi connectivity index (χ1v) is 13.6. The Bertz CT molecular complexity index is 1610. The number of fused-ring (bicyclic) bond motifs is 4. The molecule has 3 saturated carbocycles. The van der Waals surface area contributed by atoms with Crippen molar-refractivity contribution in [2.24, 2.45) is 5.41 Å². The van der Waals surface area contributed by atoms with E-state index in [4.69, 9.17) is 14.5 Å². The maximum atomic E-state index is 14.7. The Hall–Kier alpha value is -3.89. The molecule has 0 spiro atoms. The lowest BCUT2D eigenvalue weighted by atomic mass is 9.53. The molecule has 1 N–H and O–H groups in total. The number of aromatic nitrogens is 5. The molecule has 11 heteroatoms. The Morgan fingerprint density at radius 1 is 1.05 bits per heavy atom. The topological polar surface area (TPSA) is 94.9 Å². The molecule has 3 aliphatic carbocycles. The summed E-state index contributed by atoms with van der Waals surface area (Å²) in [5.41, 5.74) is -0.658. The van der Waals surface area contributed by atoms with Crippen LogP contribution in [0.3, 0.4) is 0 Å². The Kier molecular flexibility index (Phi) is 6.54. The summed E-state index contributed by atoms with van der Waals surface area (Å²) >= 11 is 0. The maximum absolute atomic E-state index is 14.7. The second-order valence-corrected chi connectivity index (χ2v) is 11.1. The van der Waals surface area contributed by atoms with E-state index in [0.717, 1.165) is 45.4 Å². The molecule has 1 aromatic carbocycles. The van der Waals surface area contributed by atoms with Crippen LogP contribution < -0.4 is 15.0 Å². The van der Waals surface area contributed by atoms with Gasteiger partial charge in [-0.25, -0.2) is 23.1 Å². The monoisotopic (exact) mass is 553 g/mol. The van der Waals surface area contributed by atoms with Crippen molar-refractivity contribution in [3.63, 3.8) is 0 Å². The predicted molar refractivity (Wildman–Crippen MR) is 141 cm³/mol. The molecule has 3 fully saturated rings. The van der Waals surface area contributed by atoms with Gasteiger partial charge in [-0.1, -0.05) is 13.0 Å². The van der Waals surface area contributed by atoms with Crippen LogP contribution in [0.5, 0.6) is 17.6 Å². The van der Waals surface area contributed by atoms with Gasteiger partial charge in [-0.15, -0.1) is 0 Å². The van der Waals surface area contributed by atoms with Crippen LogP contribution in [-0.4, -0.2) is 31.1 Å². The third-order valence-electron chi connectivity index (χ3n) is 8.63. The van der Waals surface area contributed by atoms with E-state index in [1.165, 1.54) is 4.57 Å². The molecule has 210 valence electrons. The summed E-state index contributed by atoms with van der Waals surface area (Å²) in [4.78, 5) is 30.2. The Morgan fingerprint density at radius 3 is 2.48 bits per heavy atom. The number of benzene rings is 1. The zero-order valence-electron chi connectivity index (χ0n) is 22.4. The molecular formula is C29H30F3N5O3. The average molecular weight is 554 g/mol. The van der Waals surface area contributed by atoms with Crippen molar-refractivity contribution < 1.29 is 22.6 Å². The highest BCUT2D eigenvalue weighted by atomic mass is 19.2. The molecule has 3 aliphatic rings. The summed E-state index contributed by atoms with van der Waals surface area (Å²) in [5, 5.41) is 0. The molecule has 0 amide bonds. The van der Waals surface area contributed by atoms with E-state index in [1.807, 2.05) is 25.1 Å². The van der Waals surface area contributed by atoms with Crippen molar-refractivity contribution in [2.45, 2.75) is 70.8 Å². The molecule has 0 atom stereocenters.